The van der Waals surface area contributed by atoms with Crippen molar-refractivity contribution in [3.8, 4) is 11.1 Å². The average Bonchev–Trinajstić information content (AvgIpc) is 2.68. The summed E-state index contributed by atoms with van der Waals surface area (Å²) >= 11 is 0. The van der Waals surface area contributed by atoms with E-state index in [2.05, 4.69) is 87.5 Å². The van der Waals surface area contributed by atoms with E-state index >= 15 is 0 Å². The van der Waals surface area contributed by atoms with E-state index in [9.17, 15) is 0 Å². The van der Waals surface area contributed by atoms with Gasteiger partial charge in [-0.2, -0.15) is 0 Å². The summed E-state index contributed by atoms with van der Waals surface area (Å²) in [4.78, 5) is 0. The van der Waals surface area contributed by atoms with Crippen LogP contribution in [0, 0.1) is 0 Å². The zero-order chi connectivity index (χ0) is 17.6. The topological polar surface area (TPSA) is 0 Å². The smallest absolute Gasteiger partial charge is 0.00141 e. The van der Waals surface area contributed by atoms with Gasteiger partial charge in [0.25, 0.3) is 0 Å². The van der Waals surface area contributed by atoms with Gasteiger partial charge in [-0.3, -0.25) is 0 Å². The minimum atomic E-state index is 1.02. The third-order valence-corrected chi connectivity index (χ3v) is 5.21. The maximum atomic E-state index is 2.33. The molecule has 0 aromatic heterocycles. The molecule has 0 saturated heterocycles. The molecule has 0 atom stereocenters. The molecule has 0 aliphatic carbocycles. The summed E-state index contributed by atoms with van der Waals surface area (Å²) in [5.74, 6) is 0. The van der Waals surface area contributed by atoms with Gasteiger partial charge in [-0.25, -0.2) is 0 Å². The number of aryl methyl sites for hydroxylation is 2. The number of rotatable bonds is 6. The van der Waals surface area contributed by atoms with Gasteiger partial charge in [0.15, 0.2) is 0 Å². The molecule has 0 radical (unpaired) electrons. The molecule has 25 heavy (non-hydrogen) atoms. The molecule has 0 N–H and O–H groups in total. The standard InChI is InChI=1S/C25H28/c1-4-19-12-10-11-15-22(19)18-25-23(6-3)20(5-2)16-17-24(25)21-13-8-7-9-14-21/h7-17H,4-6,18H2,1-3H3. The van der Waals surface area contributed by atoms with Crippen LogP contribution in [0.4, 0.5) is 0 Å². The minimum Gasteiger partial charge on any atom is -0.0622 e. The van der Waals surface area contributed by atoms with E-state index in [1.807, 2.05) is 0 Å². The van der Waals surface area contributed by atoms with Crippen molar-refractivity contribution in [2.24, 2.45) is 0 Å². The number of benzene rings is 3. The Morgan fingerprint density at radius 2 is 1.16 bits per heavy atom. The van der Waals surface area contributed by atoms with Crippen molar-refractivity contribution in [1.82, 2.24) is 0 Å². The van der Waals surface area contributed by atoms with Crippen LogP contribution in [0.15, 0.2) is 66.7 Å². The fourth-order valence-electron chi connectivity index (χ4n) is 3.87. The zero-order valence-electron chi connectivity index (χ0n) is 15.7. The van der Waals surface area contributed by atoms with E-state index in [4.69, 9.17) is 0 Å². The van der Waals surface area contributed by atoms with Crippen LogP contribution in [0.3, 0.4) is 0 Å². The van der Waals surface area contributed by atoms with Crippen molar-refractivity contribution in [3.63, 3.8) is 0 Å². The largest absolute Gasteiger partial charge is 0.0622 e. The molecular formula is C25H28. The first-order valence-corrected chi connectivity index (χ1v) is 9.54. The lowest BCUT2D eigenvalue weighted by Crippen LogP contribution is -2.04. The summed E-state index contributed by atoms with van der Waals surface area (Å²) in [7, 11) is 0. The molecule has 0 saturated carbocycles. The van der Waals surface area contributed by atoms with Crippen molar-refractivity contribution in [2.45, 2.75) is 46.5 Å². The molecule has 0 nitrogen and oxygen atoms in total. The Morgan fingerprint density at radius 1 is 0.520 bits per heavy atom. The second-order valence-corrected chi connectivity index (χ2v) is 6.60. The summed E-state index contributed by atoms with van der Waals surface area (Å²) in [5, 5.41) is 0. The molecule has 0 heterocycles. The minimum absolute atomic E-state index is 1.02. The van der Waals surface area contributed by atoms with Gasteiger partial charge in [0.2, 0.25) is 0 Å². The van der Waals surface area contributed by atoms with E-state index < -0.39 is 0 Å². The van der Waals surface area contributed by atoms with Crippen LogP contribution in [0.1, 0.15) is 48.6 Å². The number of hydrogen-bond acceptors (Lipinski definition) is 0. The summed E-state index contributed by atoms with van der Waals surface area (Å²) in [6, 6.07) is 24.4. The predicted molar refractivity (Wildman–Crippen MR) is 109 cm³/mol. The van der Waals surface area contributed by atoms with Crippen molar-refractivity contribution in [3.05, 3.63) is 94.5 Å². The molecule has 0 spiro atoms. The SMILES string of the molecule is CCc1ccccc1Cc1c(-c2ccccc2)ccc(CC)c1CC. The van der Waals surface area contributed by atoms with Gasteiger partial charge < -0.3 is 0 Å². The fourth-order valence-corrected chi connectivity index (χ4v) is 3.87. The highest BCUT2D eigenvalue weighted by Gasteiger charge is 2.14. The van der Waals surface area contributed by atoms with E-state index in [0.29, 0.717) is 0 Å². The van der Waals surface area contributed by atoms with Crippen molar-refractivity contribution in [2.75, 3.05) is 0 Å². The highest BCUT2D eigenvalue weighted by atomic mass is 14.2. The Balaban J connectivity index is 2.18. The third kappa shape index (κ3) is 3.69. The normalized spacial score (nSPS) is 10.8. The van der Waals surface area contributed by atoms with Crippen LogP contribution in [-0.4, -0.2) is 0 Å². The average molecular weight is 328 g/mol. The van der Waals surface area contributed by atoms with Crippen LogP contribution in [0.5, 0.6) is 0 Å². The van der Waals surface area contributed by atoms with Gasteiger partial charge in [0, 0.05) is 0 Å². The molecule has 128 valence electrons. The van der Waals surface area contributed by atoms with Crippen molar-refractivity contribution >= 4 is 0 Å². The molecule has 0 heteroatoms. The van der Waals surface area contributed by atoms with Crippen LogP contribution < -0.4 is 0 Å². The van der Waals surface area contributed by atoms with Crippen LogP contribution in [-0.2, 0) is 25.7 Å². The van der Waals surface area contributed by atoms with Gasteiger partial charge in [0.1, 0.15) is 0 Å². The second kappa shape index (κ2) is 8.16. The second-order valence-electron chi connectivity index (χ2n) is 6.60. The quantitative estimate of drug-likeness (QED) is 0.476. The number of hydrogen-bond donors (Lipinski definition) is 0. The van der Waals surface area contributed by atoms with Crippen LogP contribution in [0.25, 0.3) is 11.1 Å². The van der Waals surface area contributed by atoms with E-state index in [1.165, 1.54) is 38.9 Å². The van der Waals surface area contributed by atoms with Crippen LogP contribution >= 0.6 is 0 Å². The summed E-state index contributed by atoms with van der Waals surface area (Å²) in [5.41, 5.74) is 10.2. The Bertz CT molecular complexity index is 828. The molecule has 0 fully saturated rings. The maximum absolute atomic E-state index is 2.33. The van der Waals surface area contributed by atoms with E-state index in [-0.39, 0.29) is 0 Å². The molecule has 0 aliphatic heterocycles. The van der Waals surface area contributed by atoms with E-state index in [1.54, 1.807) is 0 Å². The molecular weight excluding hydrogens is 300 g/mol. The Morgan fingerprint density at radius 3 is 1.80 bits per heavy atom. The van der Waals surface area contributed by atoms with Gasteiger partial charge >= 0.3 is 0 Å². The first-order valence-electron chi connectivity index (χ1n) is 9.54. The lowest BCUT2D eigenvalue weighted by Gasteiger charge is -2.19. The first kappa shape index (κ1) is 17.5. The van der Waals surface area contributed by atoms with Gasteiger partial charge in [0.05, 0.1) is 0 Å². The van der Waals surface area contributed by atoms with E-state index in [0.717, 1.165) is 25.7 Å². The van der Waals surface area contributed by atoms with Gasteiger partial charge in [-0.1, -0.05) is 87.5 Å². The fraction of sp³-hybridized carbons (Fsp3) is 0.280. The molecule has 3 rings (SSSR count). The predicted octanol–water partition coefficient (Wildman–Crippen LogP) is 6.63. The molecule has 0 unspecified atom stereocenters. The highest BCUT2D eigenvalue weighted by molar-refractivity contribution is 5.70. The lowest BCUT2D eigenvalue weighted by atomic mass is 9.85. The summed E-state index contributed by atoms with van der Waals surface area (Å²) < 4.78 is 0. The first-order chi connectivity index (χ1) is 12.3. The third-order valence-electron chi connectivity index (χ3n) is 5.21. The lowest BCUT2D eigenvalue weighted by molar-refractivity contribution is 0.983. The monoisotopic (exact) mass is 328 g/mol. The zero-order valence-corrected chi connectivity index (χ0v) is 15.7. The van der Waals surface area contributed by atoms with Crippen molar-refractivity contribution < 1.29 is 0 Å². The highest BCUT2D eigenvalue weighted by Crippen LogP contribution is 2.32. The summed E-state index contributed by atoms with van der Waals surface area (Å²) in [6.07, 6.45) is 4.30. The van der Waals surface area contributed by atoms with Gasteiger partial charge in [-0.05, 0) is 64.6 Å². The van der Waals surface area contributed by atoms with Crippen molar-refractivity contribution in [1.29, 1.82) is 0 Å². The molecule has 0 bridgehead atoms. The molecule has 0 amide bonds. The van der Waals surface area contributed by atoms with Gasteiger partial charge in [-0.15, -0.1) is 0 Å². The molecule has 0 aliphatic rings. The van der Waals surface area contributed by atoms with Crippen LogP contribution in [0.2, 0.25) is 0 Å². The molecule has 3 aromatic rings. The Labute approximate surface area is 152 Å². The Kier molecular flexibility index (Phi) is 5.71. The summed E-state index contributed by atoms with van der Waals surface area (Å²) in [6.45, 7) is 6.80. The molecule has 3 aromatic carbocycles. The Hall–Kier alpha value is -2.34. The maximum Gasteiger partial charge on any atom is -0.00141 e.